The zero-order valence-corrected chi connectivity index (χ0v) is 14.8. The van der Waals surface area contributed by atoms with E-state index in [4.69, 9.17) is 0 Å². The third-order valence-corrected chi connectivity index (χ3v) is 4.22. The molecule has 2 amide bonds. The summed E-state index contributed by atoms with van der Waals surface area (Å²) in [5.74, 6) is -0.332. The Morgan fingerprint density at radius 2 is 1.42 bits per heavy atom. The second-order valence-corrected chi connectivity index (χ2v) is 6.05. The van der Waals surface area contributed by atoms with Gasteiger partial charge in [-0.2, -0.15) is 0 Å². The van der Waals surface area contributed by atoms with E-state index in [1.165, 1.54) is 0 Å². The van der Waals surface area contributed by atoms with Gasteiger partial charge in [-0.05, 0) is 48.9 Å². The molecule has 0 bridgehead atoms. The lowest BCUT2D eigenvalue weighted by molar-refractivity contribution is 0.0990. The number of hydrogen-bond acceptors (Lipinski definition) is 2. The van der Waals surface area contributed by atoms with E-state index < -0.39 is 0 Å². The number of amides is 2. The molecule has 0 aliphatic rings. The van der Waals surface area contributed by atoms with E-state index in [0.717, 1.165) is 11.3 Å². The van der Waals surface area contributed by atoms with E-state index in [0.29, 0.717) is 16.8 Å². The van der Waals surface area contributed by atoms with Gasteiger partial charge in [0.2, 0.25) is 0 Å². The molecule has 0 saturated heterocycles. The Hall–Kier alpha value is -3.40. The highest BCUT2D eigenvalue weighted by Crippen LogP contribution is 2.21. The van der Waals surface area contributed by atoms with Gasteiger partial charge >= 0.3 is 0 Å². The Morgan fingerprint density at radius 3 is 2.08 bits per heavy atom. The first-order valence-electron chi connectivity index (χ1n) is 8.36. The SMILES string of the molecule is Cc1ccc(C(=O)N(C)c2ccccc2)cc1NC(=O)c1ccccc1. The molecule has 0 radical (unpaired) electrons. The van der Waals surface area contributed by atoms with Gasteiger partial charge in [-0.3, -0.25) is 9.59 Å². The van der Waals surface area contributed by atoms with Crippen molar-refractivity contribution >= 4 is 23.2 Å². The van der Waals surface area contributed by atoms with Crippen LogP contribution in [0.15, 0.2) is 78.9 Å². The minimum atomic E-state index is -0.199. The summed E-state index contributed by atoms with van der Waals surface area (Å²) in [5.41, 5.74) is 3.43. The number of para-hydroxylation sites is 1. The summed E-state index contributed by atoms with van der Waals surface area (Å²) in [7, 11) is 1.74. The van der Waals surface area contributed by atoms with Crippen molar-refractivity contribution in [1.82, 2.24) is 0 Å². The van der Waals surface area contributed by atoms with Crippen LogP contribution in [0.5, 0.6) is 0 Å². The first-order chi connectivity index (χ1) is 12.6. The number of hydrogen-bond donors (Lipinski definition) is 1. The van der Waals surface area contributed by atoms with Crippen LogP contribution in [0.25, 0.3) is 0 Å². The maximum atomic E-state index is 12.8. The van der Waals surface area contributed by atoms with Crippen molar-refractivity contribution < 1.29 is 9.59 Å². The molecule has 0 saturated carbocycles. The van der Waals surface area contributed by atoms with E-state index in [2.05, 4.69) is 5.32 Å². The maximum Gasteiger partial charge on any atom is 0.258 e. The predicted octanol–water partition coefficient (Wildman–Crippen LogP) is 4.52. The number of anilines is 2. The van der Waals surface area contributed by atoms with Crippen LogP contribution in [0.4, 0.5) is 11.4 Å². The van der Waals surface area contributed by atoms with Crippen LogP contribution in [0, 0.1) is 6.92 Å². The Bertz CT molecular complexity index is 921. The van der Waals surface area contributed by atoms with Gasteiger partial charge < -0.3 is 10.2 Å². The van der Waals surface area contributed by atoms with E-state index >= 15 is 0 Å². The lowest BCUT2D eigenvalue weighted by Crippen LogP contribution is -2.26. The van der Waals surface area contributed by atoms with Gasteiger partial charge in [0.15, 0.2) is 0 Å². The lowest BCUT2D eigenvalue weighted by Gasteiger charge is -2.18. The van der Waals surface area contributed by atoms with E-state index in [9.17, 15) is 9.59 Å². The topological polar surface area (TPSA) is 49.4 Å². The Morgan fingerprint density at radius 1 is 0.808 bits per heavy atom. The van der Waals surface area contributed by atoms with Crippen LogP contribution in [0.2, 0.25) is 0 Å². The van der Waals surface area contributed by atoms with Crippen molar-refractivity contribution in [3.63, 3.8) is 0 Å². The quantitative estimate of drug-likeness (QED) is 0.756. The number of benzene rings is 3. The van der Waals surface area contributed by atoms with Crippen LogP contribution in [-0.2, 0) is 0 Å². The zero-order valence-electron chi connectivity index (χ0n) is 14.8. The molecule has 0 heterocycles. The highest BCUT2D eigenvalue weighted by Gasteiger charge is 2.15. The summed E-state index contributed by atoms with van der Waals surface area (Å²) in [6.45, 7) is 1.90. The van der Waals surface area contributed by atoms with Gasteiger partial charge in [-0.15, -0.1) is 0 Å². The van der Waals surface area contributed by atoms with Crippen molar-refractivity contribution in [2.75, 3.05) is 17.3 Å². The van der Waals surface area contributed by atoms with Crippen molar-refractivity contribution in [3.05, 3.63) is 95.6 Å². The second kappa shape index (κ2) is 7.66. The molecule has 0 aliphatic carbocycles. The summed E-state index contributed by atoms with van der Waals surface area (Å²) in [4.78, 5) is 26.8. The van der Waals surface area contributed by atoms with Crippen LogP contribution in [-0.4, -0.2) is 18.9 Å². The fourth-order valence-corrected chi connectivity index (χ4v) is 2.64. The van der Waals surface area contributed by atoms with Crippen molar-refractivity contribution in [3.8, 4) is 0 Å². The van der Waals surface area contributed by atoms with Crippen LogP contribution in [0.1, 0.15) is 26.3 Å². The van der Waals surface area contributed by atoms with Crippen LogP contribution >= 0.6 is 0 Å². The summed E-state index contributed by atoms with van der Waals surface area (Å²) in [5, 5.41) is 2.89. The van der Waals surface area contributed by atoms with Crippen LogP contribution < -0.4 is 10.2 Å². The summed E-state index contributed by atoms with van der Waals surface area (Å²) in [6, 6.07) is 23.8. The fraction of sp³-hybridized carbons (Fsp3) is 0.0909. The molecule has 4 nitrogen and oxygen atoms in total. The van der Waals surface area contributed by atoms with Gasteiger partial charge in [0, 0.05) is 29.5 Å². The second-order valence-electron chi connectivity index (χ2n) is 6.05. The number of aryl methyl sites for hydroxylation is 1. The molecule has 0 fully saturated rings. The third kappa shape index (κ3) is 3.81. The van der Waals surface area contributed by atoms with Crippen molar-refractivity contribution in [2.45, 2.75) is 6.92 Å². The molecule has 3 aromatic rings. The molecule has 4 heteroatoms. The van der Waals surface area contributed by atoms with Crippen molar-refractivity contribution in [2.24, 2.45) is 0 Å². The van der Waals surface area contributed by atoms with E-state index in [1.54, 1.807) is 36.2 Å². The Kier molecular flexibility index (Phi) is 5.13. The first-order valence-corrected chi connectivity index (χ1v) is 8.36. The van der Waals surface area contributed by atoms with Crippen LogP contribution in [0.3, 0.4) is 0 Å². The Balaban J connectivity index is 1.83. The zero-order chi connectivity index (χ0) is 18.5. The number of rotatable bonds is 4. The highest BCUT2D eigenvalue weighted by molar-refractivity contribution is 6.08. The molecule has 3 rings (SSSR count). The van der Waals surface area contributed by atoms with Gasteiger partial charge in [-0.25, -0.2) is 0 Å². The van der Waals surface area contributed by atoms with Gasteiger partial charge in [0.1, 0.15) is 0 Å². The average Bonchev–Trinajstić information content (AvgIpc) is 2.70. The molecule has 3 aromatic carbocycles. The Labute approximate surface area is 153 Å². The van der Waals surface area contributed by atoms with E-state index in [-0.39, 0.29) is 11.8 Å². The standard InChI is InChI=1S/C22H20N2O2/c1-16-13-14-18(22(26)24(2)19-11-7-4-8-12-19)15-20(16)23-21(25)17-9-5-3-6-10-17/h3-15H,1-2H3,(H,23,25). The molecular formula is C22H20N2O2. The summed E-state index contributed by atoms with van der Waals surface area (Å²) >= 11 is 0. The number of nitrogens with zero attached hydrogens (tertiary/aromatic N) is 1. The molecule has 1 N–H and O–H groups in total. The monoisotopic (exact) mass is 344 g/mol. The number of nitrogens with one attached hydrogen (secondary N) is 1. The molecule has 0 atom stereocenters. The first kappa shape index (κ1) is 17.4. The summed E-state index contributed by atoms with van der Waals surface area (Å²) < 4.78 is 0. The fourth-order valence-electron chi connectivity index (χ4n) is 2.64. The largest absolute Gasteiger partial charge is 0.322 e. The lowest BCUT2D eigenvalue weighted by atomic mass is 10.1. The minimum absolute atomic E-state index is 0.133. The highest BCUT2D eigenvalue weighted by atomic mass is 16.2. The van der Waals surface area contributed by atoms with Gasteiger partial charge in [0.25, 0.3) is 11.8 Å². The molecule has 0 aromatic heterocycles. The number of carbonyl (C=O) groups is 2. The average molecular weight is 344 g/mol. The third-order valence-electron chi connectivity index (χ3n) is 4.22. The molecule has 0 unspecified atom stereocenters. The van der Waals surface area contributed by atoms with E-state index in [1.807, 2.05) is 61.5 Å². The molecule has 130 valence electrons. The number of carbonyl (C=O) groups excluding carboxylic acids is 2. The maximum absolute atomic E-state index is 12.8. The minimum Gasteiger partial charge on any atom is -0.322 e. The van der Waals surface area contributed by atoms with Gasteiger partial charge in [-0.1, -0.05) is 42.5 Å². The molecule has 0 aliphatic heterocycles. The van der Waals surface area contributed by atoms with Crippen molar-refractivity contribution in [1.29, 1.82) is 0 Å². The molecule has 26 heavy (non-hydrogen) atoms. The summed E-state index contributed by atoms with van der Waals surface area (Å²) in [6.07, 6.45) is 0. The van der Waals surface area contributed by atoms with Gasteiger partial charge in [0.05, 0.1) is 0 Å². The molecule has 0 spiro atoms. The smallest absolute Gasteiger partial charge is 0.258 e. The molecular weight excluding hydrogens is 324 g/mol. The normalized spacial score (nSPS) is 10.2. The predicted molar refractivity (Wildman–Crippen MR) is 105 cm³/mol.